The standard InChI is InChI=1S/C20H15BrN4O2S2/c21-13-6-8-14(9-7-13)23-17(26)12-16-18(27)25(15-4-2-1-3-5-15)20(29-16)24-19-22-10-11-28-19/h1-11,16H,12H2,(H,23,26)/t16-/m1/s1. The summed E-state index contributed by atoms with van der Waals surface area (Å²) in [6.07, 6.45) is 1.72. The fourth-order valence-corrected chi connectivity index (χ4v) is 4.72. The van der Waals surface area contributed by atoms with Crippen LogP contribution in [0, 0.1) is 0 Å². The van der Waals surface area contributed by atoms with Gasteiger partial charge in [0.15, 0.2) is 5.17 Å². The van der Waals surface area contributed by atoms with Gasteiger partial charge in [0.1, 0.15) is 5.25 Å². The maximum atomic E-state index is 13.1. The summed E-state index contributed by atoms with van der Waals surface area (Å²) in [5.74, 6) is -0.385. The monoisotopic (exact) mass is 486 g/mol. The SMILES string of the molecule is O=C(C[C@H]1SC(=Nc2nccs2)N(c2ccccc2)C1=O)Nc1ccc(Br)cc1. The summed E-state index contributed by atoms with van der Waals surface area (Å²) in [5.41, 5.74) is 1.40. The largest absolute Gasteiger partial charge is 0.326 e. The molecule has 1 saturated heterocycles. The summed E-state index contributed by atoms with van der Waals surface area (Å²) in [6.45, 7) is 0. The second kappa shape index (κ2) is 8.89. The number of aliphatic imine (C=N–C) groups is 1. The number of para-hydroxylation sites is 1. The topological polar surface area (TPSA) is 74.7 Å². The van der Waals surface area contributed by atoms with Crippen LogP contribution in [0.2, 0.25) is 0 Å². The van der Waals surface area contributed by atoms with Crippen LogP contribution in [-0.4, -0.2) is 27.2 Å². The Morgan fingerprint density at radius 3 is 2.62 bits per heavy atom. The van der Waals surface area contributed by atoms with E-state index in [0.29, 0.717) is 16.0 Å². The number of aromatic nitrogens is 1. The molecule has 1 aromatic heterocycles. The highest BCUT2D eigenvalue weighted by Gasteiger charge is 2.40. The van der Waals surface area contributed by atoms with Crippen LogP contribution in [0.3, 0.4) is 0 Å². The summed E-state index contributed by atoms with van der Waals surface area (Å²) in [6, 6.07) is 16.6. The fraction of sp³-hybridized carbons (Fsp3) is 0.100. The Morgan fingerprint density at radius 2 is 1.93 bits per heavy atom. The van der Waals surface area contributed by atoms with Crippen molar-refractivity contribution in [1.29, 1.82) is 0 Å². The highest BCUT2D eigenvalue weighted by atomic mass is 79.9. The molecule has 9 heteroatoms. The molecule has 3 aromatic rings. The molecule has 0 unspecified atom stereocenters. The molecule has 1 aliphatic rings. The maximum absolute atomic E-state index is 13.1. The van der Waals surface area contributed by atoms with E-state index in [2.05, 4.69) is 31.2 Å². The summed E-state index contributed by atoms with van der Waals surface area (Å²) < 4.78 is 0.929. The molecule has 1 N–H and O–H groups in total. The van der Waals surface area contributed by atoms with E-state index >= 15 is 0 Å². The molecule has 146 valence electrons. The number of nitrogens with zero attached hydrogens (tertiary/aromatic N) is 3. The second-order valence-corrected chi connectivity index (χ2v) is 9.04. The van der Waals surface area contributed by atoms with Crippen molar-refractivity contribution in [3.05, 3.63) is 70.6 Å². The number of thiazole rings is 1. The molecule has 0 spiro atoms. The normalized spacial score (nSPS) is 17.7. The molecule has 0 saturated carbocycles. The first-order chi connectivity index (χ1) is 14.1. The predicted molar refractivity (Wildman–Crippen MR) is 122 cm³/mol. The number of carbonyl (C=O) groups is 2. The van der Waals surface area contributed by atoms with Gasteiger partial charge in [-0.1, -0.05) is 45.9 Å². The Kier molecular flexibility index (Phi) is 6.08. The van der Waals surface area contributed by atoms with E-state index in [-0.39, 0.29) is 18.2 Å². The van der Waals surface area contributed by atoms with Gasteiger partial charge in [0.05, 0.1) is 5.69 Å². The van der Waals surface area contributed by atoms with Gasteiger partial charge < -0.3 is 5.32 Å². The highest BCUT2D eigenvalue weighted by Crippen LogP contribution is 2.35. The van der Waals surface area contributed by atoms with Crippen LogP contribution in [0.15, 0.2) is 75.6 Å². The van der Waals surface area contributed by atoms with Crippen LogP contribution < -0.4 is 10.2 Å². The number of thioether (sulfide) groups is 1. The number of amides is 2. The van der Waals surface area contributed by atoms with Crippen molar-refractivity contribution in [2.75, 3.05) is 10.2 Å². The average Bonchev–Trinajstić information content (AvgIpc) is 3.33. The first kappa shape index (κ1) is 19.8. The summed E-state index contributed by atoms with van der Waals surface area (Å²) in [4.78, 5) is 35.9. The first-order valence-corrected chi connectivity index (χ1v) is 11.2. The summed E-state index contributed by atoms with van der Waals surface area (Å²) in [5, 5.41) is 5.21. The molecule has 2 heterocycles. The zero-order valence-electron chi connectivity index (χ0n) is 15.0. The molecule has 1 atom stereocenters. The van der Waals surface area contributed by atoms with Crippen LogP contribution in [0.25, 0.3) is 0 Å². The lowest BCUT2D eigenvalue weighted by molar-refractivity contribution is -0.121. The van der Waals surface area contributed by atoms with Crippen molar-refractivity contribution in [2.45, 2.75) is 11.7 Å². The van der Waals surface area contributed by atoms with Crippen LogP contribution in [0.4, 0.5) is 16.5 Å². The van der Waals surface area contributed by atoms with E-state index in [1.165, 1.54) is 23.1 Å². The predicted octanol–water partition coefficient (Wildman–Crippen LogP) is 5.07. The Balaban J connectivity index is 1.54. The highest BCUT2D eigenvalue weighted by molar-refractivity contribution is 9.10. The number of benzene rings is 2. The third-order valence-corrected chi connectivity index (χ3v) is 6.39. The zero-order valence-corrected chi connectivity index (χ0v) is 18.2. The fourth-order valence-electron chi connectivity index (χ4n) is 2.76. The molecule has 0 radical (unpaired) electrons. The first-order valence-electron chi connectivity index (χ1n) is 8.69. The minimum absolute atomic E-state index is 0.0553. The van der Waals surface area contributed by atoms with Gasteiger partial charge in [0, 0.05) is 28.2 Å². The number of hydrogen-bond donors (Lipinski definition) is 1. The van der Waals surface area contributed by atoms with E-state index in [1.54, 1.807) is 23.2 Å². The molecule has 0 aliphatic carbocycles. The summed E-state index contributed by atoms with van der Waals surface area (Å²) >= 11 is 6.05. The number of halogens is 1. The van der Waals surface area contributed by atoms with Crippen molar-refractivity contribution in [3.8, 4) is 0 Å². The molecule has 2 amide bonds. The van der Waals surface area contributed by atoms with E-state index in [9.17, 15) is 9.59 Å². The molecule has 29 heavy (non-hydrogen) atoms. The molecule has 4 rings (SSSR count). The van der Waals surface area contributed by atoms with Crippen molar-refractivity contribution >= 4 is 72.5 Å². The lowest BCUT2D eigenvalue weighted by Crippen LogP contribution is -2.33. The Hall–Kier alpha value is -2.49. The Bertz CT molecular complexity index is 1040. The minimum Gasteiger partial charge on any atom is -0.326 e. The Morgan fingerprint density at radius 1 is 1.17 bits per heavy atom. The van der Waals surface area contributed by atoms with E-state index in [0.717, 1.165) is 10.2 Å². The van der Waals surface area contributed by atoms with Gasteiger partial charge in [0.25, 0.3) is 0 Å². The number of nitrogens with one attached hydrogen (secondary N) is 1. The average molecular weight is 487 g/mol. The molecule has 2 aromatic carbocycles. The maximum Gasteiger partial charge on any atom is 0.247 e. The van der Waals surface area contributed by atoms with E-state index in [1.807, 2.05) is 47.8 Å². The quantitative estimate of drug-likeness (QED) is 0.546. The molecular weight excluding hydrogens is 472 g/mol. The third kappa shape index (κ3) is 4.75. The van der Waals surface area contributed by atoms with Crippen molar-refractivity contribution in [2.24, 2.45) is 4.99 Å². The Labute approximate surface area is 184 Å². The molecule has 1 fully saturated rings. The van der Waals surface area contributed by atoms with Crippen LogP contribution in [0.1, 0.15) is 6.42 Å². The van der Waals surface area contributed by atoms with Gasteiger partial charge in [-0.3, -0.25) is 14.5 Å². The lowest BCUT2D eigenvalue weighted by atomic mass is 10.2. The smallest absolute Gasteiger partial charge is 0.247 e. The van der Waals surface area contributed by atoms with Crippen molar-refractivity contribution in [1.82, 2.24) is 4.98 Å². The zero-order chi connectivity index (χ0) is 20.2. The van der Waals surface area contributed by atoms with Gasteiger partial charge in [-0.05, 0) is 36.4 Å². The molecule has 6 nitrogen and oxygen atoms in total. The molecule has 1 aliphatic heterocycles. The lowest BCUT2D eigenvalue weighted by Gasteiger charge is -2.16. The number of carbonyl (C=O) groups excluding carboxylic acids is 2. The van der Waals surface area contributed by atoms with Crippen LogP contribution in [0.5, 0.6) is 0 Å². The van der Waals surface area contributed by atoms with Crippen molar-refractivity contribution in [3.63, 3.8) is 0 Å². The summed E-state index contributed by atoms with van der Waals surface area (Å²) in [7, 11) is 0. The number of rotatable bonds is 5. The third-order valence-electron chi connectivity index (χ3n) is 4.06. The van der Waals surface area contributed by atoms with Crippen molar-refractivity contribution < 1.29 is 9.59 Å². The number of hydrogen-bond acceptors (Lipinski definition) is 6. The van der Waals surface area contributed by atoms with Gasteiger partial charge >= 0.3 is 0 Å². The van der Waals surface area contributed by atoms with E-state index < -0.39 is 5.25 Å². The van der Waals surface area contributed by atoms with E-state index in [4.69, 9.17) is 0 Å². The molecular formula is C20H15BrN4O2S2. The minimum atomic E-state index is -0.552. The number of anilines is 2. The van der Waals surface area contributed by atoms with Gasteiger partial charge in [0.2, 0.25) is 16.9 Å². The van der Waals surface area contributed by atoms with Crippen LogP contribution >= 0.6 is 39.0 Å². The molecule has 0 bridgehead atoms. The van der Waals surface area contributed by atoms with Gasteiger partial charge in [-0.15, -0.1) is 11.3 Å². The second-order valence-electron chi connectivity index (χ2n) is 6.08. The van der Waals surface area contributed by atoms with Gasteiger partial charge in [-0.2, -0.15) is 4.99 Å². The number of amidine groups is 1. The van der Waals surface area contributed by atoms with Crippen LogP contribution in [-0.2, 0) is 9.59 Å². The van der Waals surface area contributed by atoms with Gasteiger partial charge in [-0.25, -0.2) is 4.98 Å².